The number of aliphatic hydroxyl groups excluding tert-OH is 3. The Morgan fingerprint density at radius 3 is 2.38 bits per heavy atom. The van der Waals surface area contributed by atoms with Gasteiger partial charge in [-0.15, -0.1) is 0 Å². The molecule has 0 spiro atoms. The first-order valence-electron chi connectivity index (χ1n) is 12.8. The van der Waals surface area contributed by atoms with Gasteiger partial charge in [-0.3, -0.25) is 9.79 Å². The maximum Gasteiger partial charge on any atom is 0.254 e. The molecule has 3 aromatic carbocycles. The predicted octanol–water partition coefficient (Wildman–Crippen LogP) is 3.30. The van der Waals surface area contributed by atoms with E-state index >= 15 is 0 Å². The molecular weight excluding hydrogens is 513 g/mol. The number of aliphatic imine (C=N–C) groups is 1. The standard InChI is InChI=1S/C30H28FN5O4/c31-26-4-2-1-3-24(26)28-25-15-19(18-39)5-10-23(25)27-21(16-32-28)17-33-30(35-27)34-22-8-6-20(7-9-22)29(40)36(11-13-37)12-14-38/h1-10,15,17,37-39H,11-14,16,18H2,(H,33,34,35). The number of benzene rings is 3. The lowest BCUT2D eigenvalue weighted by molar-refractivity contribution is 0.0685. The summed E-state index contributed by atoms with van der Waals surface area (Å²) in [4.78, 5) is 28.0. The van der Waals surface area contributed by atoms with Crippen LogP contribution in [0.3, 0.4) is 0 Å². The highest BCUT2D eigenvalue weighted by Gasteiger charge is 2.23. The van der Waals surface area contributed by atoms with E-state index in [0.717, 1.165) is 11.1 Å². The largest absolute Gasteiger partial charge is 0.395 e. The van der Waals surface area contributed by atoms with Crippen LogP contribution in [-0.2, 0) is 13.2 Å². The Morgan fingerprint density at radius 2 is 1.68 bits per heavy atom. The Labute approximate surface area is 230 Å². The molecule has 0 atom stereocenters. The summed E-state index contributed by atoms with van der Waals surface area (Å²) in [5.41, 5.74) is 5.40. The van der Waals surface area contributed by atoms with Gasteiger partial charge in [0, 0.05) is 52.8 Å². The topological polar surface area (TPSA) is 131 Å². The van der Waals surface area contributed by atoms with Crippen LogP contribution in [0.25, 0.3) is 11.3 Å². The molecule has 204 valence electrons. The Kier molecular flexibility index (Phi) is 8.20. The first-order chi connectivity index (χ1) is 19.5. The van der Waals surface area contributed by atoms with Gasteiger partial charge in [0.25, 0.3) is 5.91 Å². The number of hydrogen-bond donors (Lipinski definition) is 4. The maximum absolute atomic E-state index is 14.8. The molecule has 1 amide bonds. The van der Waals surface area contributed by atoms with Crippen molar-refractivity contribution in [2.75, 3.05) is 31.6 Å². The summed E-state index contributed by atoms with van der Waals surface area (Å²) in [6.07, 6.45) is 1.68. The van der Waals surface area contributed by atoms with E-state index in [4.69, 9.17) is 9.98 Å². The van der Waals surface area contributed by atoms with Gasteiger partial charge < -0.3 is 25.5 Å². The lowest BCUT2D eigenvalue weighted by Gasteiger charge is -2.20. The molecule has 0 radical (unpaired) electrons. The number of amides is 1. The molecule has 0 unspecified atom stereocenters. The summed E-state index contributed by atoms with van der Waals surface area (Å²) in [6, 6.07) is 18.6. The van der Waals surface area contributed by atoms with Crippen LogP contribution in [-0.4, -0.2) is 68.1 Å². The van der Waals surface area contributed by atoms with E-state index in [1.165, 1.54) is 11.0 Å². The van der Waals surface area contributed by atoms with E-state index in [9.17, 15) is 24.5 Å². The molecule has 4 aromatic rings. The van der Waals surface area contributed by atoms with Crippen LogP contribution in [0.4, 0.5) is 16.0 Å². The highest BCUT2D eigenvalue weighted by Crippen LogP contribution is 2.33. The number of fused-ring (bicyclic) bond motifs is 3. The molecule has 1 aromatic heterocycles. The number of carbonyl (C=O) groups is 1. The zero-order valence-corrected chi connectivity index (χ0v) is 21.6. The normalized spacial score (nSPS) is 12.2. The van der Waals surface area contributed by atoms with Crippen molar-refractivity contribution in [2.45, 2.75) is 13.2 Å². The molecule has 10 heteroatoms. The lowest BCUT2D eigenvalue weighted by atomic mass is 9.93. The Hall–Kier alpha value is -4.51. The van der Waals surface area contributed by atoms with Crippen LogP contribution in [0.2, 0.25) is 0 Å². The quantitative estimate of drug-likeness (QED) is 0.256. The van der Waals surface area contributed by atoms with Crippen LogP contribution in [0.1, 0.15) is 32.6 Å². The smallest absolute Gasteiger partial charge is 0.254 e. The summed E-state index contributed by atoms with van der Waals surface area (Å²) >= 11 is 0. The van der Waals surface area contributed by atoms with Crippen LogP contribution in [0.15, 0.2) is 77.9 Å². The number of hydrogen-bond acceptors (Lipinski definition) is 8. The van der Waals surface area contributed by atoms with Crippen molar-refractivity contribution in [2.24, 2.45) is 4.99 Å². The summed E-state index contributed by atoms with van der Waals surface area (Å²) in [7, 11) is 0. The van der Waals surface area contributed by atoms with Gasteiger partial charge in [0.15, 0.2) is 0 Å². The zero-order chi connectivity index (χ0) is 28.1. The number of nitrogens with zero attached hydrogens (tertiary/aromatic N) is 4. The second-order valence-electron chi connectivity index (χ2n) is 9.19. The van der Waals surface area contributed by atoms with Crippen molar-refractivity contribution in [1.82, 2.24) is 14.9 Å². The highest BCUT2D eigenvalue weighted by atomic mass is 19.1. The van der Waals surface area contributed by atoms with Crippen LogP contribution >= 0.6 is 0 Å². The Bertz CT molecular complexity index is 1550. The third kappa shape index (κ3) is 5.59. The number of nitrogens with one attached hydrogen (secondary N) is 1. The van der Waals surface area contributed by atoms with Gasteiger partial charge in [0.2, 0.25) is 5.95 Å². The van der Waals surface area contributed by atoms with Crippen molar-refractivity contribution in [3.63, 3.8) is 0 Å². The van der Waals surface area contributed by atoms with Gasteiger partial charge in [0.05, 0.1) is 37.8 Å². The third-order valence-electron chi connectivity index (χ3n) is 6.59. The number of aromatic nitrogens is 2. The van der Waals surface area contributed by atoms with Gasteiger partial charge in [-0.1, -0.05) is 24.3 Å². The molecule has 1 aliphatic rings. The molecule has 5 rings (SSSR count). The second-order valence-corrected chi connectivity index (χ2v) is 9.19. The van der Waals surface area contributed by atoms with Crippen molar-refractivity contribution in [1.29, 1.82) is 0 Å². The molecule has 0 saturated heterocycles. The van der Waals surface area contributed by atoms with Gasteiger partial charge in [-0.2, -0.15) is 0 Å². The molecule has 0 saturated carbocycles. The Morgan fingerprint density at radius 1 is 0.925 bits per heavy atom. The van der Waals surface area contributed by atoms with Gasteiger partial charge in [-0.25, -0.2) is 14.4 Å². The molecule has 9 nitrogen and oxygen atoms in total. The molecule has 4 N–H and O–H groups in total. The highest BCUT2D eigenvalue weighted by molar-refractivity contribution is 6.17. The molecule has 2 heterocycles. The SMILES string of the molecule is O=C(c1ccc(Nc2ncc3c(n2)-c2ccc(CO)cc2C(c2ccccc2F)=NC3)cc1)N(CCO)CCO. The fraction of sp³-hybridized carbons (Fsp3) is 0.200. The van der Waals surface area contributed by atoms with Gasteiger partial charge in [-0.05, 0) is 48.0 Å². The number of halogens is 1. The van der Waals surface area contributed by atoms with E-state index in [1.807, 2.05) is 6.07 Å². The summed E-state index contributed by atoms with van der Waals surface area (Å²) in [5, 5.41) is 31.3. The van der Waals surface area contributed by atoms with Crippen LogP contribution in [0.5, 0.6) is 0 Å². The average molecular weight is 542 g/mol. The first kappa shape index (κ1) is 27.1. The van der Waals surface area contributed by atoms with Crippen LogP contribution < -0.4 is 5.32 Å². The summed E-state index contributed by atoms with van der Waals surface area (Å²) in [6.45, 7) is -0.0521. The van der Waals surface area contributed by atoms with Crippen molar-refractivity contribution in [3.8, 4) is 11.3 Å². The van der Waals surface area contributed by atoms with Crippen molar-refractivity contribution in [3.05, 3.63) is 107 Å². The molecule has 0 bridgehead atoms. The third-order valence-corrected chi connectivity index (χ3v) is 6.59. The van der Waals surface area contributed by atoms with E-state index in [1.54, 1.807) is 60.8 Å². The average Bonchev–Trinajstić information content (AvgIpc) is 3.13. The van der Waals surface area contributed by atoms with Crippen molar-refractivity contribution >= 4 is 23.3 Å². The predicted molar refractivity (Wildman–Crippen MR) is 149 cm³/mol. The van der Waals surface area contributed by atoms with Gasteiger partial charge >= 0.3 is 0 Å². The van der Waals surface area contributed by atoms with E-state index in [2.05, 4.69) is 10.3 Å². The lowest BCUT2D eigenvalue weighted by Crippen LogP contribution is -2.35. The minimum absolute atomic E-state index is 0.131. The van der Waals surface area contributed by atoms with E-state index < -0.39 is 5.82 Å². The van der Waals surface area contributed by atoms with E-state index in [0.29, 0.717) is 45.3 Å². The van der Waals surface area contributed by atoms with Crippen molar-refractivity contribution < 1.29 is 24.5 Å². The Balaban J connectivity index is 1.45. The molecule has 40 heavy (non-hydrogen) atoms. The fourth-order valence-electron chi connectivity index (χ4n) is 4.61. The first-order valence-corrected chi connectivity index (χ1v) is 12.8. The zero-order valence-electron chi connectivity index (χ0n) is 21.6. The maximum atomic E-state index is 14.8. The summed E-state index contributed by atoms with van der Waals surface area (Å²) in [5.74, 6) is -0.356. The van der Waals surface area contributed by atoms with Gasteiger partial charge in [0.1, 0.15) is 5.82 Å². The molecule has 0 aliphatic carbocycles. The molecular formula is C30H28FN5O4. The molecule has 1 aliphatic heterocycles. The van der Waals surface area contributed by atoms with E-state index in [-0.39, 0.29) is 45.4 Å². The number of anilines is 2. The second kappa shape index (κ2) is 12.1. The number of aliphatic hydroxyl groups is 3. The van der Waals surface area contributed by atoms with Crippen LogP contribution in [0, 0.1) is 5.82 Å². The monoisotopic (exact) mass is 541 g/mol. The molecule has 0 fully saturated rings. The minimum Gasteiger partial charge on any atom is -0.395 e. The number of carbonyl (C=O) groups excluding carboxylic acids is 1. The summed E-state index contributed by atoms with van der Waals surface area (Å²) < 4.78 is 14.8. The fourth-order valence-corrected chi connectivity index (χ4v) is 4.61. The number of rotatable bonds is 9. The minimum atomic E-state index is -0.390.